The SMILES string of the molecule is CNC(=O)c1ccc2c(cnn2-c2cccnc2)c1. The van der Waals surface area contributed by atoms with Gasteiger partial charge in [-0.05, 0) is 30.3 Å². The number of rotatable bonds is 2. The van der Waals surface area contributed by atoms with Gasteiger partial charge in [0.15, 0.2) is 0 Å². The Morgan fingerprint density at radius 2 is 2.16 bits per heavy atom. The molecular formula is C14H12N4O. The highest BCUT2D eigenvalue weighted by molar-refractivity contribution is 5.97. The molecule has 0 aliphatic rings. The molecule has 19 heavy (non-hydrogen) atoms. The maximum atomic E-state index is 11.6. The normalized spacial score (nSPS) is 10.6. The predicted octanol–water partition coefficient (Wildman–Crippen LogP) is 1.78. The van der Waals surface area contributed by atoms with Crippen LogP contribution in [0, 0.1) is 0 Å². The number of amides is 1. The van der Waals surface area contributed by atoms with E-state index in [0.29, 0.717) is 5.56 Å². The molecule has 94 valence electrons. The highest BCUT2D eigenvalue weighted by Crippen LogP contribution is 2.19. The molecule has 0 spiro atoms. The second-order valence-electron chi connectivity index (χ2n) is 4.12. The fraction of sp³-hybridized carbons (Fsp3) is 0.0714. The van der Waals surface area contributed by atoms with E-state index in [-0.39, 0.29) is 5.91 Å². The molecular weight excluding hydrogens is 240 g/mol. The van der Waals surface area contributed by atoms with Gasteiger partial charge < -0.3 is 5.32 Å². The average Bonchev–Trinajstić information content (AvgIpc) is 2.90. The predicted molar refractivity (Wildman–Crippen MR) is 72.3 cm³/mol. The molecule has 0 aliphatic heterocycles. The quantitative estimate of drug-likeness (QED) is 0.756. The Kier molecular flexibility index (Phi) is 2.72. The second-order valence-corrected chi connectivity index (χ2v) is 4.12. The van der Waals surface area contributed by atoms with E-state index in [4.69, 9.17) is 0 Å². The third-order valence-corrected chi connectivity index (χ3v) is 2.95. The van der Waals surface area contributed by atoms with Gasteiger partial charge in [-0.3, -0.25) is 9.78 Å². The lowest BCUT2D eigenvalue weighted by Gasteiger charge is -2.03. The fourth-order valence-corrected chi connectivity index (χ4v) is 2.00. The zero-order chi connectivity index (χ0) is 13.2. The summed E-state index contributed by atoms with van der Waals surface area (Å²) in [4.78, 5) is 15.7. The molecule has 2 aromatic heterocycles. The van der Waals surface area contributed by atoms with Gasteiger partial charge in [-0.2, -0.15) is 5.10 Å². The molecule has 1 aromatic carbocycles. The minimum Gasteiger partial charge on any atom is -0.355 e. The van der Waals surface area contributed by atoms with E-state index in [1.165, 1.54) is 0 Å². The van der Waals surface area contributed by atoms with Crippen LogP contribution in [0.3, 0.4) is 0 Å². The van der Waals surface area contributed by atoms with Crippen molar-refractivity contribution in [3.05, 3.63) is 54.5 Å². The summed E-state index contributed by atoms with van der Waals surface area (Å²) in [6.07, 6.45) is 5.22. The van der Waals surface area contributed by atoms with Crippen molar-refractivity contribution in [2.45, 2.75) is 0 Å². The number of aromatic nitrogens is 3. The summed E-state index contributed by atoms with van der Waals surface area (Å²) in [5, 5.41) is 7.87. The summed E-state index contributed by atoms with van der Waals surface area (Å²) in [6.45, 7) is 0. The van der Waals surface area contributed by atoms with Gasteiger partial charge in [-0.15, -0.1) is 0 Å². The number of carbonyl (C=O) groups excluding carboxylic acids is 1. The Hall–Kier alpha value is -2.69. The summed E-state index contributed by atoms with van der Waals surface area (Å²) < 4.78 is 1.80. The number of benzene rings is 1. The molecule has 0 fully saturated rings. The molecule has 2 heterocycles. The lowest BCUT2D eigenvalue weighted by Crippen LogP contribution is -2.17. The van der Waals surface area contributed by atoms with E-state index in [9.17, 15) is 4.79 Å². The van der Waals surface area contributed by atoms with Crippen molar-refractivity contribution >= 4 is 16.8 Å². The summed E-state index contributed by atoms with van der Waals surface area (Å²) in [5.74, 6) is -0.101. The van der Waals surface area contributed by atoms with Crippen LogP contribution in [-0.4, -0.2) is 27.7 Å². The van der Waals surface area contributed by atoms with Crippen molar-refractivity contribution in [3.63, 3.8) is 0 Å². The molecule has 3 rings (SSSR count). The topological polar surface area (TPSA) is 59.8 Å². The Balaban J connectivity index is 2.13. The van der Waals surface area contributed by atoms with E-state index in [1.54, 1.807) is 36.4 Å². The van der Waals surface area contributed by atoms with E-state index in [2.05, 4.69) is 15.4 Å². The number of hydrogen-bond acceptors (Lipinski definition) is 3. The third kappa shape index (κ3) is 1.95. The van der Waals surface area contributed by atoms with Gasteiger partial charge in [0.2, 0.25) is 0 Å². The molecule has 1 amide bonds. The van der Waals surface area contributed by atoms with Crippen LogP contribution in [-0.2, 0) is 0 Å². The monoisotopic (exact) mass is 252 g/mol. The van der Waals surface area contributed by atoms with Crippen molar-refractivity contribution in [1.82, 2.24) is 20.1 Å². The molecule has 0 unspecified atom stereocenters. The molecule has 0 bridgehead atoms. The Morgan fingerprint density at radius 3 is 2.89 bits per heavy atom. The molecule has 0 radical (unpaired) electrons. The zero-order valence-electron chi connectivity index (χ0n) is 10.4. The minimum absolute atomic E-state index is 0.101. The number of nitrogens with zero attached hydrogens (tertiary/aromatic N) is 3. The van der Waals surface area contributed by atoms with Crippen molar-refractivity contribution in [3.8, 4) is 5.69 Å². The fourth-order valence-electron chi connectivity index (χ4n) is 2.00. The molecule has 5 heteroatoms. The van der Waals surface area contributed by atoms with Crippen LogP contribution >= 0.6 is 0 Å². The first-order valence-corrected chi connectivity index (χ1v) is 5.90. The third-order valence-electron chi connectivity index (χ3n) is 2.95. The number of pyridine rings is 1. The number of nitrogens with one attached hydrogen (secondary N) is 1. The first-order chi connectivity index (χ1) is 9.29. The van der Waals surface area contributed by atoms with E-state index >= 15 is 0 Å². The highest BCUT2D eigenvalue weighted by Gasteiger charge is 2.08. The van der Waals surface area contributed by atoms with Crippen LogP contribution in [0.5, 0.6) is 0 Å². The largest absolute Gasteiger partial charge is 0.355 e. The smallest absolute Gasteiger partial charge is 0.251 e. The Labute approximate surface area is 109 Å². The van der Waals surface area contributed by atoms with E-state index in [0.717, 1.165) is 16.6 Å². The van der Waals surface area contributed by atoms with Gasteiger partial charge in [-0.25, -0.2) is 4.68 Å². The van der Waals surface area contributed by atoms with Crippen LogP contribution in [0.1, 0.15) is 10.4 Å². The maximum absolute atomic E-state index is 11.6. The van der Waals surface area contributed by atoms with E-state index < -0.39 is 0 Å². The first kappa shape index (κ1) is 11.4. The summed E-state index contributed by atoms with van der Waals surface area (Å²) in [7, 11) is 1.62. The van der Waals surface area contributed by atoms with Crippen LogP contribution in [0.25, 0.3) is 16.6 Å². The van der Waals surface area contributed by atoms with Crippen LogP contribution in [0.2, 0.25) is 0 Å². The molecule has 3 aromatic rings. The summed E-state index contributed by atoms with van der Waals surface area (Å²) in [6, 6.07) is 9.30. The lowest BCUT2D eigenvalue weighted by molar-refractivity contribution is 0.0963. The second kappa shape index (κ2) is 4.53. The molecule has 0 aliphatic carbocycles. The van der Waals surface area contributed by atoms with Gasteiger partial charge in [-0.1, -0.05) is 0 Å². The van der Waals surface area contributed by atoms with Gasteiger partial charge >= 0.3 is 0 Å². The number of hydrogen-bond donors (Lipinski definition) is 1. The lowest BCUT2D eigenvalue weighted by atomic mass is 10.1. The molecule has 5 nitrogen and oxygen atoms in total. The molecule has 0 saturated heterocycles. The standard InChI is InChI=1S/C14H12N4O/c1-15-14(19)10-4-5-13-11(7-10)8-17-18(13)12-3-2-6-16-9-12/h2-9H,1H3,(H,15,19). The number of fused-ring (bicyclic) bond motifs is 1. The number of carbonyl (C=O) groups is 1. The molecule has 0 atom stereocenters. The Bertz CT molecular complexity index is 734. The van der Waals surface area contributed by atoms with Gasteiger partial charge in [0, 0.05) is 24.2 Å². The molecule has 0 saturated carbocycles. The summed E-state index contributed by atoms with van der Waals surface area (Å²) in [5.41, 5.74) is 2.46. The van der Waals surface area contributed by atoms with Crippen molar-refractivity contribution in [1.29, 1.82) is 0 Å². The van der Waals surface area contributed by atoms with Gasteiger partial charge in [0.1, 0.15) is 0 Å². The van der Waals surface area contributed by atoms with Crippen LogP contribution in [0.4, 0.5) is 0 Å². The first-order valence-electron chi connectivity index (χ1n) is 5.90. The van der Waals surface area contributed by atoms with Gasteiger partial charge in [0.25, 0.3) is 5.91 Å². The Morgan fingerprint density at radius 1 is 1.26 bits per heavy atom. The summed E-state index contributed by atoms with van der Waals surface area (Å²) >= 11 is 0. The zero-order valence-corrected chi connectivity index (χ0v) is 10.4. The van der Waals surface area contributed by atoms with Crippen molar-refractivity contribution < 1.29 is 4.79 Å². The maximum Gasteiger partial charge on any atom is 0.251 e. The minimum atomic E-state index is -0.101. The van der Waals surface area contributed by atoms with Gasteiger partial charge in [0.05, 0.1) is 23.6 Å². The van der Waals surface area contributed by atoms with Crippen molar-refractivity contribution in [2.24, 2.45) is 0 Å². The average molecular weight is 252 g/mol. The highest BCUT2D eigenvalue weighted by atomic mass is 16.1. The molecule has 1 N–H and O–H groups in total. The van der Waals surface area contributed by atoms with E-state index in [1.807, 2.05) is 24.3 Å². The van der Waals surface area contributed by atoms with Crippen molar-refractivity contribution in [2.75, 3.05) is 7.05 Å². The van der Waals surface area contributed by atoms with Crippen LogP contribution in [0.15, 0.2) is 48.9 Å². The van der Waals surface area contributed by atoms with Crippen LogP contribution < -0.4 is 5.32 Å².